The summed E-state index contributed by atoms with van der Waals surface area (Å²) in [4.78, 5) is 31.5. The number of epoxide rings is 1. The second-order valence-electron chi connectivity index (χ2n) is 12.3. The molecular formula is C30H39NO7S. The van der Waals surface area contributed by atoms with Gasteiger partial charge in [-0.1, -0.05) is 33.3 Å². The van der Waals surface area contributed by atoms with Gasteiger partial charge in [-0.25, -0.2) is 4.98 Å². The molecule has 8 nitrogen and oxygen atoms in total. The van der Waals surface area contributed by atoms with Crippen LogP contribution in [0.4, 0.5) is 0 Å². The first-order chi connectivity index (χ1) is 18.4. The van der Waals surface area contributed by atoms with E-state index in [0.717, 1.165) is 40.1 Å². The number of esters is 1. The molecule has 3 aliphatic heterocycles. The number of fused-ring (bicyclic) bond motifs is 2. The van der Waals surface area contributed by atoms with Gasteiger partial charge in [0.2, 0.25) is 0 Å². The maximum absolute atomic E-state index is 13.7. The van der Waals surface area contributed by atoms with Gasteiger partial charge in [-0.15, -0.1) is 11.3 Å². The number of aliphatic hydroxyl groups excluding tert-OH is 2. The molecule has 0 bridgehead atoms. The van der Waals surface area contributed by atoms with Crippen LogP contribution in [0.1, 0.15) is 82.9 Å². The average molecular weight is 558 g/mol. The molecule has 2 saturated heterocycles. The van der Waals surface area contributed by atoms with E-state index in [0.29, 0.717) is 12.2 Å². The van der Waals surface area contributed by atoms with Crippen LogP contribution < -0.4 is 0 Å². The third-order valence-corrected chi connectivity index (χ3v) is 9.78. The number of aromatic nitrogens is 1. The van der Waals surface area contributed by atoms with Crippen LogP contribution in [0.5, 0.6) is 0 Å². The van der Waals surface area contributed by atoms with Gasteiger partial charge in [-0.2, -0.15) is 0 Å². The summed E-state index contributed by atoms with van der Waals surface area (Å²) in [5.41, 5.74) is 0.0795. The van der Waals surface area contributed by atoms with E-state index in [1.165, 1.54) is 0 Å². The normalized spacial score (nSPS) is 35.5. The van der Waals surface area contributed by atoms with Crippen molar-refractivity contribution in [3.05, 3.63) is 40.8 Å². The van der Waals surface area contributed by atoms with Crippen molar-refractivity contribution < 1.29 is 34.0 Å². The van der Waals surface area contributed by atoms with Gasteiger partial charge in [0.05, 0.1) is 56.9 Å². The topological polar surface area (TPSA) is 122 Å². The van der Waals surface area contributed by atoms with Gasteiger partial charge in [0, 0.05) is 12.8 Å². The highest BCUT2D eigenvalue weighted by Gasteiger charge is 2.53. The summed E-state index contributed by atoms with van der Waals surface area (Å²) in [7, 11) is 0. The van der Waals surface area contributed by atoms with Crippen molar-refractivity contribution in [2.75, 3.05) is 0 Å². The fourth-order valence-corrected chi connectivity index (χ4v) is 6.65. The van der Waals surface area contributed by atoms with Crippen molar-refractivity contribution in [1.82, 2.24) is 4.98 Å². The molecule has 0 unspecified atom stereocenters. The van der Waals surface area contributed by atoms with Gasteiger partial charge < -0.3 is 24.4 Å². The van der Waals surface area contributed by atoms with Gasteiger partial charge in [0.15, 0.2) is 0 Å². The zero-order valence-corrected chi connectivity index (χ0v) is 24.1. The Morgan fingerprint density at radius 1 is 1.18 bits per heavy atom. The zero-order valence-electron chi connectivity index (χ0n) is 23.3. The molecule has 0 amide bonds. The van der Waals surface area contributed by atoms with Crippen LogP contribution in [0, 0.1) is 24.2 Å². The number of hydrogen-bond acceptors (Lipinski definition) is 9. The lowest BCUT2D eigenvalue weighted by Gasteiger charge is -2.35. The minimum Gasteiger partial charge on any atom is -0.463 e. The number of benzene rings is 1. The quantitative estimate of drug-likeness (QED) is 0.393. The minimum atomic E-state index is -1.28. The Labute approximate surface area is 233 Å². The first kappa shape index (κ1) is 28.2. The molecule has 4 heterocycles. The number of thiazole rings is 1. The third kappa shape index (κ3) is 6.06. The summed E-state index contributed by atoms with van der Waals surface area (Å²) in [6.07, 6.45) is 1.53. The Morgan fingerprint density at radius 2 is 1.92 bits per heavy atom. The fourth-order valence-electron chi connectivity index (χ4n) is 5.84. The lowest BCUT2D eigenvalue weighted by molar-refractivity contribution is -0.156. The van der Waals surface area contributed by atoms with Crippen LogP contribution in [0.25, 0.3) is 10.2 Å². The van der Waals surface area contributed by atoms with E-state index in [9.17, 15) is 19.8 Å². The molecule has 0 aliphatic carbocycles. The van der Waals surface area contributed by atoms with Gasteiger partial charge in [-0.05, 0) is 50.3 Å². The number of aryl methyl sites for hydroxylation is 1. The van der Waals surface area contributed by atoms with Crippen LogP contribution in [0.15, 0.2) is 30.2 Å². The van der Waals surface area contributed by atoms with Crippen molar-refractivity contribution in [3.8, 4) is 0 Å². The maximum atomic E-state index is 13.7. The van der Waals surface area contributed by atoms with Crippen molar-refractivity contribution in [3.63, 3.8) is 0 Å². The number of ether oxygens (including phenoxy) is 3. The third-order valence-electron chi connectivity index (χ3n) is 8.83. The number of allylic oxidation sites excluding steroid dienone is 1. The molecule has 0 radical (unpaired) electrons. The van der Waals surface area contributed by atoms with E-state index in [2.05, 4.69) is 11.9 Å². The SMILES string of the molecule is Cc1nc2cc([C@@H]3C[C@@H]4O[C@]4(C)CCC[C@H](C)[C@H](O)[C@@H](CC4=CO4)C(=O)C(C)(C)[C@@H](O)CC(=O)O3)ccc2s1. The molecule has 9 heteroatoms. The summed E-state index contributed by atoms with van der Waals surface area (Å²) in [6, 6.07) is 5.92. The van der Waals surface area contributed by atoms with E-state index in [1.807, 2.05) is 32.0 Å². The van der Waals surface area contributed by atoms with E-state index < -0.39 is 35.6 Å². The summed E-state index contributed by atoms with van der Waals surface area (Å²) in [5, 5.41) is 23.3. The second-order valence-corrected chi connectivity index (χ2v) is 13.5. The highest BCUT2D eigenvalue weighted by atomic mass is 32.1. The Balaban J connectivity index is 1.42. The zero-order chi connectivity index (χ0) is 28.1. The van der Waals surface area contributed by atoms with E-state index >= 15 is 0 Å². The number of cyclic esters (lactones) is 1. The largest absolute Gasteiger partial charge is 0.463 e. The van der Waals surface area contributed by atoms with Crippen molar-refractivity contribution in [2.45, 2.75) is 103 Å². The molecule has 2 N–H and O–H groups in total. The molecule has 2 fully saturated rings. The molecule has 2 aromatic rings. The minimum absolute atomic E-state index is 0.0778. The predicted molar refractivity (Wildman–Crippen MR) is 147 cm³/mol. The van der Waals surface area contributed by atoms with Crippen molar-refractivity contribution in [2.24, 2.45) is 17.3 Å². The fraction of sp³-hybridized carbons (Fsp3) is 0.633. The number of ketones is 1. The van der Waals surface area contributed by atoms with E-state index in [4.69, 9.17) is 14.2 Å². The van der Waals surface area contributed by atoms with E-state index in [1.54, 1.807) is 31.4 Å². The van der Waals surface area contributed by atoms with Gasteiger partial charge in [0.1, 0.15) is 23.9 Å². The molecule has 7 atom stereocenters. The number of carbonyl (C=O) groups excluding carboxylic acids is 2. The number of carbonyl (C=O) groups is 2. The highest BCUT2D eigenvalue weighted by molar-refractivity contribution is 7.18. The van der Waals surface area contributed by atoms with Gasteiger partial charge in [0.25, 0.3) is 0 Å². The van der Waals surface area contributed by atoms with Crippen LogP contribution in [-0.4, -0.2) is 50.9 Å². The van der Waals surface area contributed by atoms with Crippen molar-refractivity contribution >= 4 is 33.3 Å². The summed E-state index contributed by atoms with van der Waals surface area (Å²) in [5.74, 6) is -1.09. The second kappa shape index (κ2) is 10.6. The molecule has 212 valence electrons. The number of Topliss-reactive ketones (excluding diaryl/α,β-unsaturated/α-hetero) is 1. The molecular weight excluding hydrogens is 518 g/mol. The summed E-state index contributed by atoms with van der Waals surface area (Å²) < 4.78 is 18.4. The van der Waals surface area contributed by atoms with Crippen LogP contribution >= 0.6 is 11.3 Å². The molecule has 1 aromatic heterocycles. The number of rotatable bonds is 3. The van der Waals surface area contributed by atoms with Crippen LogP contribution in [0.2, 0.25) is 0 Å². The molecule has 39 heavy (non-hydrogen) atoms. The smallest absolute Gasteiger partial charge is 0.309 e. The summed E-state index contributed by atoms with van der Waals surface area (Å²) >= 11 is 1.61. The van der Waals surface area contributed by atoms with Crippen LogP contribution in [0.3, 0.4) is 0 Å². The Morgan fingerprint density at radius 3 is 2.64 bits per heavy atom. The lowest BCUT2D eigenvalue weighted by atomic mass is 9.71. The molecule has 3 aliphatic rings. The standard InChI is InChI=1S/C30H39NO7S/c1-16-7-6-10-30(5)25(38-30)13-22(18-8-9-23-21(11-18)31-17(2)39-23)37-26(33)14-24(32)29(3,4)28(35)20(27(16)34)12-19-15-36-19/h8-9,11,15-16,20,22,24-25,27,32,34H,6-7,10,12-14H2,1-5H3/t16-,20+,22-,24-,25-,27-,30+/m0/s1. The average Bonchev–Trinajstić information content (AvgIpc) is 3.77. The molecule has 0 saturated carbocycles. The number of hydrogen-bond donors (Lipinski definition) is 2. The van der Waals surface area contributed by atoms with Crippen LogP contribution in [-0.2, 0) is 23.8 Å². The summed E-state index contributed by atoms with van der Waals surface area (Å²) in [6.45, 7) is 9.24. The first-order valence-corrected chi connectivity index (χ1v) is 14.7. The lowest BCUT2D eigenvalue weighted by Crippen LogP contribution is -2.46. The Bertz CT molecular complexity index is 1290. The molecule has 5 rings (SSSR count). The first-order valence-electron chi connectivity index (χ1n) is 13.9. The van der Waals surface area contributed by atoms with Gasteiger partial charge in [-0.3, -0.25) is 9.59 Å². The molecule has 1 aromatic carbocycles. The molecule has 0 spiro atoms. The Kier molecular flexibility index (Phi) is 7.65. The number of nitrogens with zero attached hydrogens (tertiary/aromatic N) is 1. The maximum Gasteiger partial charge on any atom is 0.309 e. The highest BCUT2D eigenvalue weighted by Crippen LogP contribution is 2.47. The van der Waals surface area contributed by atoms with Crippen molar-refractivity contribution in [1.29, 1.82) is 0 Å². The van der Waals surface area contributed by atoms with Gasteiger partial charge >= 0.3 is 5.97 Å². The van der Waals surface area contributed by atoms with E-state index in [-0.39, 0.29) is 36.2 Å². The Hall–Kier alpha value is -2.33. The monoisotopic (exact) mass is 557 g/mol. The predicted octanol–water partition coefficient (Wildman–Crippen LogP) is 5.14. The number of aliphatic hydroxyl groups is 2.